The van der Waals surface area contributed by atoms with E-state index in [1.165, 1.54) is 4.68 Å². The van der Waals surface area contributed by atoms with Crippen LogP contribution in [-0.2, 0) is 0 Å². The predicted octanol–water partition coefficient (Wildman–Crippen LogP) is 6.35. The van der Waals surface area contributed by atoms with Crippen LogP contribution in [0.2, 0.25) is 0 Å². The van der Waals surface area contributed by atoms with Gasteiger partial charge in [-0.15, -0.1) is 0 Å². The molecule has 7 heteroatoms. The second-order valence-electron chi connectivity index (χ2n) is 9.09. The van der Waals surface area contributed by atoms with E-state index in [2.05, 4.69) is 31.6 Å². The van der Waals surface area contributed by atoms with E-state index in [1.54, 1.807) is 25.5 Å². The Bertz CT molecular complexity index is 1550. The van der Waals surface area contributed by atoms with Crippen molar-refractivity contribution >= 4 is 17.1 Å². The van der Waals surface area contributed by atoms with E-state index in [0.717, 1.165) is 22.4 Å². The van der Waals surface area contributed by atoms with Gasteiger partial charge in [0.05, 0.1) is 30.8 Å². The number of aryl methyl sites for hydroxylation is 1. The Kier molecular flexibility index (Phi) is 8.26. The van der Waals surface area contributed by atoms with E-state index >= 15 is 0 Å². The monoisotopic (exact) mass is 511 g/mol. The molecule has 0 spiro atoms. The van der Waals surface area contributed by atoms with Gasteiger partial charge in [-0.2, -0.15) is 9.78 Å². The van der Waals surface area contributed by atoms with Crippen LogP contribution in [0.15, 0.2) is 77.1 Å². The molecule has 0 fully saturated rings. The number of hydrogen-bond donors (Lipinski definition) is 0. The van der Waals surface area contributed by atoms with Crippen LogP contribution < -0.4 is 19.8 Å². The Labute approximate surface area is 223 Å². The Morgan fingerprint density at radius 3 is 2.58 bits per heavy atom. The minimum Gasteiger partial charge on any atom is -0.494 e. The third kappa shape index (κ3) is 5.32. The molecule has 1 aromatic heterocycles. The lowest BCUT2D eigenvalue weighted by atomic mass is 9.96. The van der Waals surface area contributed by atoms with E-state index < -0.39 is 0 Å². The largest absolute Gasteiger partial charge is 0.494 e. The molecule has 0 N–H and O–H groups in total. The fourth-order valence-corrected chi connectivity index (χ4v) is 4.29. The van der Waals surface area contributed by atoms with Gasteiger partial charge in [-0.1, -0.05) is 44.7 Å². The number of rotatable bonds is 10. The number of para-hydroxylation sites is 2. The Morgan fingerprint density at radius 1 is 1.08 bits per heavy atom. The first-order valence-corrected chi connectivity index (χ1v) is 12.6. The Balaban J connectivity index is 1.96. The van der Waals surface area contributed by atoms with Crippen LogP contribution in [0.3, 0.4) is 0 Å². The summed E-state index contributed by atoms with van der Waals surface area (Å²) in [5.41, 5.74) is 3.78. The molecule has 3 aromatic carbocycles. The van der Waals surface area contributed by atoms with Gasteiger partial charge in [0.15, 0.2) is 17.3 Å². The van der Waals surface area contributed by atoms with Crippen LogP contribution in [-0.4, -0.2) is 36.2 Å². The lowest BCUT2D eigenvalue weighted by Crippen LogP contribution is -2.21. The number of hydrogen-bond acceptors (Lipinski definition) is 6. The van der Waals surface area contributed by atoms with Gasteiger partial charge in [-0.05, 0) is 67.3 Å². The Morgan fingerprint density at radius 2 is 1.87 bits per heavy atom. The quantitative estimate of drug-likeness (QED) is 0.183. The zero-order chi connectivity index (χ0) is 27.2. The highest BCUT2D eigenvalue weighted by Gasteiger charge is 2.19. The van der Waals surface area contributed by atoms with Gasteiger partial charge in [0.2, 0.25) is 0 Å². The maximum absolute atomic E-state index is 13.7. The maximum Gasteiger partial charge on any atom is 0.282 e. The van der Waals surface area contributed by atoms with E-state index in [9.17, 15) is 4.79 Å². The van der Waals surface area contributed by atoms with Crippen molar-refractivity contribution in [3.8, 4) is 28.6 Å². The average molecular weight is 512 g/mol. The van der Waals surface area contributed by atoms with Crippen LogP contribution >= 0.6 is 0 Å². The molecule has 0 amide bonds. The van der Waals surface area contributed by atoms with Crippen molar-refractivity contribution in [2.75, 3.05) is 20.3 Å². The van der Waals surface area contributed by atoms with Gasteiger partial charge < -0.3 is 14.2 Å². The summed E-state index contributed by atoms with van der Waals surface area (Å²) < 4.78 is 18.6. The highest BCUT2D eigenvalue weighted by atomic mass is 16.5. The fraction of sp³-hybridized carbons (Fsp3) is 0.258. The summed E-state index contributed by atoms with van der Waals surface area (Å²) >= 11 is 0. The van der Waals surface area contributed by atoms with Crippen LogP contribution in [0.4, 0.5) is 0 Å². The van der Waals surface area contributed by atoms with Gasteiger partial charge in [0.25, 0.3) is 5.56 Å². The normalized spacial score (nSPS) is 11.3. The average Bonchev–Trinajstić information content (AvgIpc) is 2.91. The molecule has 4 rings (SSSR count). The molecule has 0 aliphatic heterocycles. The van der Waals surface area contributed by atoms with Crippen molar-refractivity contribution < 1.29 is 14.2 Å². The number of ether oxygens (including phenoxy) is 3. The predicted molar refractivity (Wildman–Crippen MR) is 153 cm³/mol. The highest BCUT2D eigenvalue weighted by molar-refractivity contribution is 5.86. The molecule has 38 heavy (non-hydrogen) atoms. The number of fused-ring (bicyclic) bond motifs is 1. The Hall–Kier alpha value is -4.39. The third-order valence-electron chi connectivity index (χ3n) is 6.16. The molecule has 196 valence electrons. The van der Waals surface area contributed by atoms with Crippen LogP contribution in [0, 0.1) is 6.92 Å². The zero-order valence-electron chi connectivity index (χ0n) is 22.5. The smallest absolute Gasteiger partial charge is 0.282 e. The van der Waals surface area contributed by atoms with Crippen molar-refractivity contribution in [2.24, 2.45) is 5.10 Å². The lowest BCUT2D eigenvalue weighted by molar-refractivity contribution is 0.326. The van der Waals surface area contributed by atoms with E-state index in [4.69, 9.17) is 19.2 Å². The van der Waals surface area contributed by atoms with Gasteiger partial charge in [0.1, 0.15) is 12.4 Å². The molecule has 0 saturated heterocycles. The molecule has 0 bridgehead atoms. The van der Waals surface area contributed by atoms with Crippen molar-refractivity contribution in [2.45, 2.75) is 33.6 Å². The summed E-state index contributed by atoms with van der Waals surface area (Å²) in [6, 6.07) is 16.8. The number of benzene rings is 3. The summed E-state index contributed by atoms with van der Waals surface area (Å²) in [7, 11) is 1.58. The van der Waals surface area contributed by atoms with Gasteiger partial charge >= 0.3 is 0 Å². The first-order valence-electron chi connectivity index (χ1n) is 12.6. The van der Waals surface area contributed by atoms with Crippen molar-refractivity contribution in [3.05, 3.63) is 94.3 Å². The first-order chi connectivity index (χ1) is 18.4. The van der Waals surface area contributed by atoms with Gasteiger partial charge in [-0.3, -0.25) is 4.79 Å². The van der Waals surface area contributed by atoms with Gasteiger partial charge in [-0.25, -0.2) is 4.98 Å². The minimum absolute atomic E-state index is 0.210. The number of aromatic nitrogens is 2. The molecule has 0 atom stereocenters. The molecule has 0 radical (unpaired) electrons. The number of nitrogens with zero attached hydrogens (tertiary/aromatic N) is 3. The minimum atomic E-state index is -0.266. The SMILES string of the molecule is C=CCOc1c(C=Nn2c(-c3cc(C(C)C)c(OCC)cc3C)nc3ccccc3c2=O)cccc1OC. The van der Waals surface area contributed by atoms with E-state index in [0.29, 0.717) is 47.0 Å². The summed E-state index contributed by atoms with van der Waals surface area (Å²) in [4.78, 5) is 18.6. The third-order valence-corrected chi connectivity index (χ3v) is 6.16. The van der Waals surface area contributed by atoms with Crippen LogP contribution in [0.1, 0.15) is 43.4 Å². The van der Waals surface area contributed by atoms with E-state index in [-0.39, 0.29) is 11.5 Å². The zero-order valence-corrected chi connectivity index (χ0v) is 22.5. The molecule has 7 nitrogen and oxygen atoms in total. The molecule has 1 heterocycles. The van der Waals surface area contributed by atoms with Crippen molar-refractivity contribution in [1.82, 2.24) is 9.66 Å². The second-order valence-corrected chi connectivity index (χ2v) is 9.09. The number of methoxy groups -OCH3 is 1. The van der Waals surface area contributed by atoms with Crippen molar-refractivity contribution in [3.63, 3.8) is 0 Å². The van der Waals surface area contributed by atoms with Crippen LogP contribution in [0.5, 0.6) is 17.2 Å². The maximum atomic E-state index is 13.7. The van der Waals surface area contributed by atoms with E-state index in [1.807, 2.05) is 56.3 Å². The van der Waals surface area contributed by atoms with Crippen molar-refractivity contribution in [1.29, 1.82) is 0 Å². The summed E-state index contributed by atoms with van der Waals surface area (Å²) in [5.74, 6) is 2.57. The lowest BCUT2D eigenvalue weighted by Gasteiger charge is -2.18. The topological polar surface area (TPSA) is 74.9 Å². The standard InChI is InChI=1S/C31H33N3O4/c1-7-16-38-29-22(12-11-15-27(29)36-6)19-32-34-30(33-26-14-10-9-13-23(26)31(34)35)25-18-24(20(3)4)28(37-8-2)17-21(25)5/h7,9-15,17-20H,1,8,16H2,2-6H3. The van der Waals surface area contributed by atoms with Crippen LogP contribution in [0.25, 0.3) is 22.3 Å². The summed E-state index contributed by atoms with van der Waals surface area (Å²) in [6.45, 7) is 12.8. The second kappa shape index (κ2) is 11.8. The summed E-state index contributed by atoms with van der Waals surface area (Å²) in [5, 5.41) is 5.13. The molecule has 0 saturated carbocycles. The van der Waals surface area contributed by atoms with Gasteiger partial charge in [0, 0.05) is 11.1 Å². The molecule has 0 unspecified atom stereocenters. The molecule has 0 aliphatic rings. The summed E-state index contributed by atoms with van der Waals surface area (Å²) in [6.07, 6.45) is 3.25. The fourth-order valence-electron chi connectivity index (χ4n) is 4.29. The molecule has 4 aromatic rings. The molecule has 0 aliphatic carbocycles. The molecular weight excluding hydrogens is 478 g/mol. The molecular formula is C31H33N3O4. The highest BCUT2D eigenvalue weighted by Crippen LogP contribution is 2.34. The first kappa shape index (κ1) is 26.7.